The third-order valence-corrected chi connectivity index (χ3v) is 2.77. The molecule has 0 aliphatic rings. The molecule has 2 aromatic rings. The monoisotopic (exact) mass is 274 g/mol. The van der Waals surface area contributed by atoms with Gasteiger partial charge in [0.25, 0.3) is 0 Å². The van der Waals surface area contributed by atoms with Crippen LogP contribution in [0.15, 0.2) is 18.2 Å². The van der Waals surface area contributed by atoms with Gasteiger partial charge in [0.05, 0.1) is 10.5 Å². The summed E-state index contributed by atoms with van der Waals surface area (Å²) in [6, 6.07) is 4.72. The number of nitrogen functional groups attached to an aromatic ring is 1. The maximum Gasteiger partial charge on any atom is 0.311 e. The largest absolute Gasteiger partial charge is 0.431 e. The van der Waals surface area contributed by atoms with Gasteiger partial charge in [-0.2, -0.15) is 4.98 Å². The van der Waals surface area contributed by atoms with Crippen LogP contribution >= 0.6 is 0 Å². The van der Waals surface area contributed by atoms with Crippen molar-refractivity contribution in [3.05, 3.63) is 45.3 Å². The van der Waals surface area contributed by atoms with E-state index in [4.69, 9.17) is 10.5 Å². The lowest BCUT2D eigenvalue weighted by Crippen LogP contribution is -2.03. The van der Waals surface area contributed by atoms with Crippen molar-refractivity contribution >= 4 is 11.5 Å². The van der Waals surface area contributed by atoms with Gasteiger partial charge in [0.15, 0.2) is 0 Å². The van der Waals surface area contributed by atoms with Gasteiger partial charge in [0.2, 0.25) is 11.6 Å². The molecule has 7 heteroatoms. The van der Waals surface area contributed by atoms with E-state index in [0.29, 0.717) is 17.2 Å². The number of benzene rings is 1. The van der Waals surface area contributed by atoms with E-state index in [1.165, 1.54) is 6.07 Å². The van der Waals surface area contributed by atoms with Crippen molar-refractivity contribution < 1.29 is 9.66 Å². The first-order valence-corrected chi connectivity index (χ1v) is 5.92. The third kappa shape index (κ3) is 2.66. The lowest BCUT2D eigenvalue weighted by atomic mass is 10.2. The molecule has 1 aromatic carbocycles. The predicted molar refractivity (Wildman–Crippen MR) is 73.8 cm³/mol. The molecule has 0 saturated heterocycles. The lowest BCUT2D eigenvalue weighted by Gasteiger charge is -2.10. The molecule has 0 amide bonds. The molecule has 1 heterocycles. The fourth-order valence-corrected chi connectivity index (χ4v) is 1.68. The van der Waals surface area contributed by atoms with E-state index in [1.807, 2.05) is 0 Å². The Labute approximate surface area is 115 Å². The van der Waals surface area contributed by atoms with Gasteiger partial charge in [-0.15, -0.1) is 0 Å². The molecule has 20 heavy (non-hydrogen) atoms. The molecule has 2 N–H and O–H groups in total. The first kappa shape index (κ1) is 13.7. The van der Waals surface area contributed by atoms with Crippen LogP contribution in [0.5, 0.6) is 11.6 Å². The number of nitrogens with zero attached hydrogens (tertiary/aromatic N) is 3. The van der Waals surface area contributed by atoms with Gasteiger partial charge < -0.3 is 10.5 Å². The third-order valence-electron chi connectivity index (χ3n) is 2.77. The van der Waals surface area contributed by atoms with E-state index in [1.54, 1.807) is 32.9 Å². The standard InChI is InChI=1S/C13H14N4O3/c1-7-4-5-11(10(6-7)17(18)19)20-13-8(2)12(14)15-9(3)16-13/h4-6H,1-3H3,(H2,14,15,16). The van der Waals surface area contributed by atoms with Gasteiger partial charge in [-0.05, 0) is 32.4 Å². The Morgan fingerprint density at radius 1 is 1.25 bits per heavy atom. The molecule has 0 spiro atoms. The number of aromatic nitrogens is 2. The topological polar surface area (TPSA) is 104 Å². The van der Waals surface area contributed by atoms with Crippen LogP contribution in [0.4, 0.5) is 11.5 Å². The molecule has 104 valence electrons. The number of rotatable bonds is 3. The molecule has 0 bridgehead atoms. The van der Waals surface area contributed by atoms with Crippen LogP contribution in [0.25, 0.3) is 0 Å². The minimum atomic E-state index is -0.491. The van der Waals surface area contributed by atoms with E-state index in [9.17, 15) is 10.1 Å². The normalized spacial score (nSPS) is 10.3. The summed E-state index contributed by atoms with van der Waals surface area (Å²) in [5, 5.41) is 11.1. The zero-order valence-electron chi connectivity index (χ0n) is 11.4. The number of hydrogen-bond donors (Lipinski definition) is 1. The highest BCUT2D eigenvalue weighted by atomic mass is 16.6. The average molecular weight is 274 g/mol. The quantitative estimate of drug-likeness (QED) is 0.681. The minimum absolute atomic E-state index is 0.112. The Hall–Kier alpha value is -2.70. The molecule has 0 radical (unpaired) electrons. The maximum atomic E-state index is 11.1. The van der Waals surface area contributed by atoms with Crippen LogP contribution in [-0.4, -0.2) is 14.9 Å². The Kier molecular flexibility index (Phi) is 3.51. The SMILES string of the molecule is Cc1ccc(Oc2nc(C)nc(N)c2C)c([N+](=O)[O-])c1. The van der Waals surface area contributed by atoms with Gasteiger partial charge in [-0.25, -0.2) is 4.98 Å². The first-order valence-electron chi connectivity index (χ1n) is 5.92. The summed E-state index contributed by atoms with van der Waals surface area (Å²) in [4.78, 5) is 18.7. The van der Waals surface area contributed by atoms with Crippen molar-refractivity contribution in [2.45, 2.75) is 20.8 Å². The fraction of sp³-hybridized carbons (Fsp3) is 0.231. The Balaban J connectivity index is 2.48. The van der Waals surface area contributed by atoms with Crippen molar-refractivity contribution in [1.29, 1.82) is 0 Å². The van der Waals surface area contributed by atoms with Crippen LogP contribution < -0.4 is 10.5 Å². The van der Waals surface area contributed by atoms with Crippen LogP contribution in [-0.2, 0) is 0 Å². The van der Waals surface area contributed by atoms with E-state index < -0.39 is 4.92 Å². The molecule has 0 saturated carbocycles. The molecule has 2 rings (SSSR count). The van der Waals surface area contributed by atoms with Gasteiger partial charge in [-0.1, -0.05) is 6.07 Å². The number of nitrogens with two attached hydrogens (primary N) is 1. The maximum absolute atomic E-state index is 11.1. The van der Waals surface area contributed by atoms with Crippen LogP contribution in [0, 0.1) is 30.9 Å². The summed E-state index contributed by atoms with van der Waals surface area (Å²) < 4.78 is 5.55. The molecular weight excluding hydrogens is 260 g/mol. The van der Waals surface area contributed by atoms with Crippen molar-refractivity contribution in [2.24, 2.45) is 0 Å². The van der Waals surface area contributed by atoms with E-state index in [0.717, 1.165) is 5.56 Å². The summed E-state index contributed by atoms with van der Waals surface area (Å²) in [5.74, 6) is 1.09. The molecule has 0 unspecified atom stereocenters. The van der Waals surface area contributed by atoms with Crippen molar-refractivity contribution in [3.8, 4) is 11.6 Å². The van der Waals surface area contributed by atoms with E-state index >= 15 is 0 Å². The fourth-order valence-electron chi connectivity index (χ4n) is 1.68. The average Bonchev–Trinajstić information content (AvgIpc) is 2.37. The summed E-state index contributed by atoms with van der Waals surface area (Å²) in [7, 11) is 0. The second-order valence-electron chi connectivity index (χ2n) is 4.42. The number of nitro groups is 1. The zero-order valence-corrected chi connectivity index (χ0v) is 11.4. The lowest BCUT2D eigenvalue weighted by molar-refractivity contribution is -0.385. The van der Waals surface area contributed by atoms with Crippen LogP contribution in [0.3, 0.4) is 0 Å². The van der Waals surface area contributed by atoms with Crippen molar-refractivity contribution in [2.75, 3.05) is 5.73 Å². The summed E-state index contributed by atoms with van der Waals surface area (Å²) in [6.45, 7) is 5.14. The summed E-state index contributed by atoms with van der Waals surface area (Å²) in [5.41, 5.74) is 6.94. The van der Waals surface area contributed by atoms with Gasteiger partial charge in [-0.3, -0.25) is 10.1 Å². The number of anilines is 1. The number of ether oxygens (including phenoxy) is 1. The van der Waals surface area contributed by atoms with Gasteiger partial charge >= 0.3 is 5.69 Å². The predicted octanol–water partition coefficient (Wildman–Crippen LogP) is 2.68. The highest BCUT2D eigenvalue weighted by Crippen LogP contribution is 2.33. The Morgan fingerprint density at radius 2 is 1.95 bits per heavy atom. The molecule has 0 atom stereocenters. The summed E-state index contributed by atoms with van der Waals surface area (Å²) in [6.07, 6.45) is 0. The minimum Gasteiger partial charge on any atom is -0.431 e. The van der Waals surface area contributed by atoms with E-state index in [2.05, 4.69) is 9.97 Å². The Bertz CT molecular complexity index is 686. The van der Waals surface area contributed by atoms with Gasteiger partial charge in [0.1, 0.15) is 11.6 Å². The number of hydrogen-bond acceptors (Lipinski definition) is 6. The van der Waals surface area contributed by atoms with E-state index in [-0.39, 0.29) is 17.3 Å². The number of nitro benzene ring substituents is 1. The highest BCUT2D eigenvalue weighted by molar-refractivity contribution is 5.52. The smallest absolute Gasteiger partial charge is 0.311 e. The van der Waals surface area contributed by atoms with Crippen molar-refractivity contribution in [3.63, 3.8) is 0 Å². The van der Waals surface area contributed by atoms with Crippen LogP contribution in [0.1, 0.15) is 17.0 Å². The molecule has 0 aliphatic heterocycles. The van der Waals surface area contributed by atoms with Gasteiger partial charge in [0, 0.05) is 6.07 Å². The molecule has 7 nitrogen and oxygen atoms in total. The number of aryl methyl sites for hydroxylation is 2. The molecule has 1 aromatic heterocycles. The molecule has 0 fully saturated rings. The second-order valence-corrected chi connectivity index (χ2v) is 4.42. The molecule has 0 aliphatic carbocycles. The zero-order chi connectivity index (χ0) is 14.9. The Morgan fingerprint density at radius 3 is 2.60 bits per heavy atom. The summed E-state index contributed by atoms with van der Waals surface area (Å²) >= 11 is 0. The second kappa shape index (κ2) is 5.12. The highest BCUT2D eigenvalue weighted by Gasteiger charge is 2.18. The molecular formula is C13H14N4O3. The first-order chi connectivity index (χ1) is 9.38. The van der Waals surface area contributed by atoms with Crippen LogP contribution in [0.2, 0.25) is 0 Å². The van der Waals surface area contributed by atoms with Crippen molar-refractivity contribution in [1.82, 2.24) is 9.97 Å².